The van der Waals surface area contributed by atoms with Gasteiger partial charge in [0.2, 0.25) is 0 Å². The molecule has 2 nitrogen and oxygen atoms in total. The van der Waals surface area contributed by atoms with E-state index in [0.29, 0.717) is 0 Å². The molecule has 0 atom stereocenters. The first kappa shape index (κ1) is 23.9. The maximum absolute atomic E-state index is 2.48. The van der Waals surface area contributed by atoms with Crippen LogP contribution in [0, 0.1) is 0 Å². The zero-order valence-electron chi connectivity index (χ0n) is 24.2. The van der Waals surface area contributed by atoms with Crippen molar-refractivity contribution in [2.24, 2.45) is 0 Å². The Hall–Kier alpha value is -5.60. The summed E-state index contributed by atoms with van der Waals surface area (Å²) in [6.45, 7) is 0. The van der Waals surface area contributed by atoms with Crippen LogP contribution in [-0.2, 0) is 6.42 Å². The van der Waals surface area contributed by atoms with E-state index < -0.39 is 0 Å². The molecule has 3 aromatic heterocycles. The highest BCUT2D eigenvalue weighted by Gasteiger charge is 2.22. The van der Waals surface area contributed by atoms with Crippen molar-refractivity contribution in [1.82, 2.24) is 8.97 Å². The van der Waals surface area contributed by atoms with Crippen LogP contribution in [0.1, 0.15) is 17.7 Å². The lowest BCUT2D eigenvalue weighted by Crippen LogP contribution is -2.00. The molecule has 10 rings (SSSR count). The number of hydrogen-bond acceptors (Lipinski definition) is 0. The van der Waals surface area contributed by atoms with Crippen molar-refractivity contribution < 1.29 is 0 Å². The molecule has 3 heterocycles. The molecule has 0 saturated heterocycles. The quantitative estimate of drug-likeness (QED) is 0.203. The Morgan fingerprint density at radius 2 is 1.27 bits per heavy atom. The Morgan fingerprint density at radius 3 is 2.23 bits per heavy atom. The molecule has 0 radical (unpaired) electrons. The van der Waals surface area contributed by atoms with Gasteiger partial charge in [-0.25, -0.2) is 0 Å². The third kappa shape index (κ3) is 3.20. The predicted molar refractivity (Wildman–Crippen MR) is 186 cm³/mol. The molecule has 2 heteroatoms. The van der Waals surface area contributed by atoms with Crippen LogP contribution in [0.25, 0.3) is 83.0 Å². The summed E-state index contributed by atoms with van der Waals surface area (Å²) in [6, 6.07) is 49.2. The molecule has 0 N–H and O–H groups in total. The largest absolute Gasteiger partial charge is 0.310 e. The van der Waals surface area contributed by atoms with E-state index in [2.05, 4.69) is 155 Å². The minimum absolute atomic E-state index is 1.07. The molecule has 0 bridgehead atoms. The molecule has 0 unspecified atom stereocenters. The fraction of sp³-hybridized carbons (Fsp3) is 0.0476. The van der Waals surface area contributed by atoms with Crippen molar-refractivity contribution in [1.29, 1.82) is 0 Å². The molecule has 0 amide bonds. The van der Waals surface area contributed by atoms with Crippen LogP contribution in [-0.4, -0.2) is 8.97 Å². The smallest absolute Gasteiger partial charge is 0.0620 e. The van der Waals surface area contributed by atoms with Crippen molar-refractivity contribution >= 4 is 55.1 Å². The van der Waals surface area contributed by atoms with Gasteiger partial charge >= 0.3 is 0 Å². The number of aryl methyl sites for hydroxylation is 1. The number of para-hydroxylation sites is 2. The minimum Gasteiger partial charge on any atom is -0.310 e. The van der Waals surface area contributed by atoms with Gasteiger partial charge in [0.05, 0.1) is 22.1 Å². The summed E-state index contributed by atoms with van der Waals surface area (Å²) in [5.74, 6) is 0. The van der Waals surface area contributed by atoms with Crippen LogP contribution >= 0.6 is 0 Å². The topological polar surface area (TPSA) is 9.34 Å². The Kier molecular flexibility index (Phi) is 4.86. The van der Waals surface area contributed by atoms with Crippen molar-refractivity contribution in [3.8, 4) is 27.9 Å². The Balaban J connectivity index is 1.25. The summed E-state index contributed by atoms with van der Waals surface area (Å²) < 4.78 is 4.95. The Bertz CT molecular complexity index is 2590. The lowest BCUT2D eigenvalue weighted by molar-refractivity contribution is 0.968. The molecular formula is C42H28N2. The second-order valence-electron chi connectivity index (χ2n) is 12.0. The molecule has 206 valence electrons. The highest BCUT2D eigenvalue weighted by atomic mass is 15.0. The molecule has 6 aromatic carbocycles. The lowest BCUT2D eigenvalue weighted by Gasteiger charge is -2.14. The zero-order valence-corrected chi connectivity index (χ0v) is 24.2. The van der Waals surface area contributed by atoms with Crippen LogP contribution in [0.15, 0.2) is 140 Å². The van der Waals surface area contributed by atoms with Gasteiger partial charge in [-0.15, -0.1) is 0 Å². The van der Waals surface area contributed by atoms with Gasteiger partial charge in [0, 0.05) is 38.3 Å². The lowest BCUT2D eigenvalue weighted by atomic mass is 9.96. The normalized spacial score (nSPS) is 13.2. The van der Waals surface area contributed by atoms with Gasteiger partial charge in [0.1, 0.15) is 0 Å². The number of fused-ring (bicyclic) bond motifs is 9. The number of rotatable bonds is 3. The predicted octanol–water partition coefficient (Wildman–Crippen LogP) is 11.1. The maximum Gasteiger partial charge on any atom is 0.0620 e. The van der Waals surface area contributed by atoms with Crippen LogP contribution < -0.4 is 0 Å². The number of hydrogen-bond donors (Lipinski definition) is 0. The van der Waals surface area contributed by atoms with Crippen molar-refractivity contribution in [3.63, 3.8) is 0 Å². The average molecular weight is 561 g/mol. The van der Waals surface area contributed by atoms with Gasteiger partial charge in [-0.3, -0.25) is 0 Å². The second kappa shape index (κ2) is 8.95. The SMILES string of the molecule is C1=Cc2c(c3ccc(-c4cccc5c4c4cccc6c7ccccc7n5c64)cc3n2-c2cccc(-c3ccccc3)c2)CC1. The molecule has 44 heavy (non-hydrogen) atoms. The summed E-state index contributed by atoms with van der Waals surface area (Å²) in [4.78, 5) is 0. The first-order valence-electron chi connectivity index (χ1n) is 15.5. The Morgan fingerprint density at radius 1 is 0.500 bits per heavy atom. The van der Waals surface area contributed by atoms with E-state index in [-0.39, 0.29) is 0 Å². The van der Waals surface area contributed by atoms with Crippen molar-refractivity contribution in [2.75, 3.05) is 0 Å². The van der Waals surface area contributed by atoms with E-state index in [9.17, 15) is 0 Å². The Labute approximate surface area is 255 Å². The molecule has 1 aliphatic rings. The average Bonchev–Trinajstić information content (AvgIpc) is 3.74. The monoisotopic (exact) mass is 560 g/mol. The van der Waals surface area contributed by atoms with Crippen molar-refractivity contribution in [3.05, 3.63) is 151 Å². The standard InChI is InChI=1S/C42H28N2/c1-2-11-27(12-3-1)28-13-8-14-30(25-28)43-37-20-6-4-15-32(37)34-24-23-29(26-40(34)43)31-17-10-22-39-41(31)36-19-9-18-35-33-16-5-7-21-38(33)44(39)42(35)36/h1-3,5-14,16-26H,4,15H2. The molecule has 0 fully saturated rings. The molecule has 0 saturated carbocycles. The highest BCUT2D eigenvalue weighted by Crippen LogP contribution is 2.44. The number of allylic oxidation sites excluding steroid dienone is 1. The molecular weight excluding hydrogens is 532 g/mol. The number of aromatic nitrogens is 2. The van der Waals surface area contributed by atoms with E-state index in [1.54, 1.807) is 0 Å². The van der Waals surface area contributed by atoms with Gasteiger partial charge in [-0.2, -0.15) is 0 Å². The van der Waals surface area contributed by atoms with Crippen LogP contribution in [0.2, 0.25) is 0 Å². The van der Waals surface area contributed by atoms with E-state index in [0.717, 1.165) is 12.8 Å². The van der Waals surface area contributed by atoms with Gasteiger partial charge in [0.15, 0.2) is 0 Å². The maximum atomic E-state index is 2.48. The summed E-state index contributed by atoms with van der Waals surface area (Å²) >= 11 is 0. The van der Waals surface area contributed by atoms with E-state index in [1.807, 2.05) is 0 Å². The number of nitrogens with zero attached hydrogens (tertiary/aromatic N) is 2. The van der Waals surface area contributed by atoms with E-state index >= 15 is 0 Å². The summed E-state index contributed by atoms with van der Waals surface area (Å²) in [6.07, 6.45) is 6.80. The van der Waals surface area contributed by atoms with Crippen molar-refractivity contribution in [2.45, 2.75) is 12.8 Å². The zero-order chi connectivity index (χ0) is 28.8. The van der Waals surface area contributed by atoms with Crippen LogP contribution in [0.5, 0.6) is 0 Å². The van der Waals surface area contributed by atoms with Gasteiger partial charge in [0.25, 0.3) is 0 Å². The first-order valence-corrected chi connectivity index (χ1v) is 15.5. The fourth-order valence-corrected chi connectivity index (χ4v) is 7.86. The fourth-order valence-electron chi connectivity index (χ4n) is 7.86. The second-order valence-corrected chi connectivity index (χ2v) is 12.0. The first-order chi connectivity index (χ1) is 21.8. The minimum atomic E-state index is 1.07. The molecule has 0 spiro atoms. The van der Waals surface area contributed by atoms with Gasteiger partial charge < -0.3 is 8.97 Å². The summed E-state index contributed by atoms with van der Waals surface area (Å²) in [7, 11) is 0. The third-order valence-electron chi connectivity index (χ3n) is 9.72. The van der Waals surface area contributed by atoms with Gasteiger partial charge in [-0.05, 0) is 77.1 Å². The van der Waals surface area contributed by atoms with E-state index in [4.69, 9.17) is 0 Å². The third-order valence-corrected chi connectivity index (χ3v) is 9.72. The number of benzene rings is 6. The van der Waals surface area contributed by atoms with Crippen LogP contribution in [0.3, 0.4) is 0 Å². The summed E-state index contributed by atoms with van der Waals surface area (Å²) in [5.41, 5.74) is 14.1. The van der Waals surface area contributed by atoms with Crippen LogP contribution in [0.4, 0.5) is 0 Å². The molecule has 0 aliphatic heterocycles. The van der Waals surface area contributed by atoms with Gasteiger partial charge in [-0.1, -0.05) is 109 Å². The van der Waals surface area contributed by atoms with E-state index in [1.165, 1.54) is 88.2 Å². The summed E-state index contributed by atoms with van der Waals surface area (Å²) in [5, 5.41) is 6.63. The molecule has 9 aromatic rings. The highest BCUT2D eigenvalue weighted by molar-refractivity contribution is 6.26. The molecule has 1 aliphatic carbocycles.